The van der Waals surface area contributed by atoms with Gasteiger partial charge < -0.3 is 53.0 Å². The molecule has 348 valence electrons. The second kappa shape index (κ2) is 30.0. The van der Waals surface area contributed by atoms with Gasteiger partial charge in [-0.1, -0.05) is 76.8 Å². The first-order chi connectivity index (χ1) is 29.4. The maximum Gasteiger partial charge on any atom is 0.326 e. The Hall–Kier alpha value is -5.12. The van der Waals surface area contributed by atoms with E-state index in [9.17, 15) is 58.5 Å². The number of thioether (sulfide) groups is 1. The lowest BCUT2D eigenvalue weighted by atomic mass is 10.0. The lowest BCUT2D eigenvalue weighted by Crippen LogP contribution is -2.62. The molecule has 0 bridgehead atoms. The number of rotatable bonds is 30. The number of amides is 8. The molecule has 0 fully saturated rings. The number of carboxylic acids is 1. The molecule has 20 nitrogen and oxygen atoms in total. The zero-order valence-electron chi connectivity index (χ0n) is 36.3. The molecule has 0 saturated carbocycles. The largest absolute Gasteiger partial charge is 0.480 e. The molecular formula is C41H66N8O12S. The van der Waals surface area contributed by atoms with E-state index in [1.165, 1.54) is 18.7 Å². The van der Waals surface area contributed by atoms with Crippen LogP contribution in [0.1, 0.15) is 84.6 Å². The van der Waals surface area contributed by atoms with Crippen molar-refractivity contribution < 1.29 is 58.5 Å². The Morgan fingerprint density at radius 1 is 0.726 bits per heavy atom. The number of hydrogen-bond donors (Lipinski definition) is 10. The fraction of sp³-hybridized carbons (Fsp3) is 0.634. The smallest absolute Gasteiger partial charge is 0.326 e. The number of aliphatic hydroxyl groups is 2. The van der Waals surface area contributed by atoms with E-state index >= 15 is 0 Å². The molecule has 0 radical (unpaired) electrons. The van der Waals surface area contributed by atoms with Gasteiger partial charge in [0.2, 0.25) is 41.4 Å². The minimum atomic E-state index is -1.97. The summed E-state index contributed by atoms with van der Waals surface area (Å²) in [4.78, 5) is 118. The molecule has 21 heteroatoms. The highest BCUT2D eigenvalue weighted by atomic mass is 32.2. The van der Waals surface area contributed by atoms with E-state index in [0.717, 1.165) is 19.3 Å². The summed E-state index contributed by atoms with van der Waals surface area (Å²) in [6.45, 7) is 3.53. The normalized spacial score (nSPS) is 13.9. The van der Waals surface area contributed by atoms with Crippen molar-refractivity contribution >= 4 is 65.0 Å². The SMILES string of the molecule is CCCCCCCC(=O)N(C(=O)[C@H](CO)NC(=O)CNC(=O)[C@H](C)NC(=O)[C@H](CCSC)NC(=O)CN)[C@@H](CO)C(=O)N[C@@H](Cc1ccccc1)C(=O)N[C@@H](CC(C)C)C(=O)O. The van der Waals surface area contributed by atoms with Crippen molar-refractivity contribution in [2.75, 3.05) is 38.3 Å². The number of imide groups is 1. The number of nitrogens with one attached hydrogen (secondary N) is 6. The number of carbonyl (C=O) groups excluding carboxylic acids is 8. The van der Waals surface area contributed by atoms with Gasteiger partial charge in [0.05, 0.1) is 26.3 Å². The van der Waals surface area contributed by atoms with Crippen molar-refractivity contribution in [1.82, 2.24) is 36.8 Å². The Kier molecular flexibility index (Phi) is 26.6. The summed E-state index contributed by atoms with van der Waals surface area (Å²) in [7, 11) is 0. The minimum Gasteiger partial charge on any atom is -0.480 e. The molecule has 62 heavy (non-hydrogen) atoms. The van der Waals surface area contributed by atoms with Crippen LogP contribution >= 0.6 is 11.8 Å². The summed E-state index contributed by atoms with van der Waals surface area (Å²) in [6.07, 6.45) is 5.19. The van der Waals surface area contributed by atoms with Gasteiger partial charge in [-0.2, -0.15) is 11.8 Å². The average molecular weight is 895 g/mol. The van der Waals surface area contributed by atoms with E-state index in [-0.39, 0.29) is 38.1 Å². The van der Waals surface area contributed by atoms with Gasteiger partial charge >= 0.3 is 5.97 Å². The van der Waals surface area contributed by atoms with Crippen molar-refractivity contribution in [2.45, 2.75) is 122 Å². The predicted molar refractivity (Wildman–Crippen MR) is 231 cm³/mol. The highest BCUT2D eigenvalue weighted by Gasteiger charge is 2.40. The third-order valence-electron chi connectivity index (χ3n) is 9.46. The van der Waals surface area contributed by atoms with Gasteiger partial charge in [0, 0.05) is 12.8 Å². The second-order valence-corrected chi connectivity index (χ2v) is 16.1. The zero-order valence-corrected chi connectivity index (χ0v) is 37.1. The molecule has 0 aromatic heterocycles. The lowest BCUT2D eigenvalue weighted by molar-refractivity contribution is -0.156. The van der Waals surface area contributed by atoms with E-state index in [1.54, 1.807) is 44.2 Å². The van der Waals surface area contributed by atoms with Gasteiger partial charge in [-0.25, -0.2) is 4.79 Å². The highest BCUT2D eigenvalue weighted by Crippen LogP contribution is 2.14. The molecular weight excluding hydrogens is 829 g/mol. The van der Waals surface area contributed by atoms with Crippen LogP contribution in [0, 0.1) is 5.92 Å². The summed E-state index contributed by atoms with van der Waals surface area (Å²) in [5.41, 5.74) is 5.92. The third-order valence-corrected chi connectivity index (χ3v) is 10.1. The average Bonchev–Trinajstić information content (AvgIpc) is 3.24. The summed E-state index contributed by atoms with van der Waals surface area (Å²) in [6, 6.07) is -0.318. The Balaban J connectivity index is 3.32. The summed E-state index contributed by atoms with van der Waals surface area (Å²) in [5.74, 6) is -8.21. The fourth-order valence-electron chi connectivity index (χ4n) is 6.08. The van der Waals surface area contributed by atoms with Gasteiger partial charge in [-0.05, 0) is 49.7 Å². The predicted octanol–water partition coefficient (Wildman–Crippen LogP) is -1.30. The molecule has 6 atom stereocenters. The van der Waals surface area contributed by atoms with Crippen LogP contribution < -0.4 is 37.6 Å². The second-order valence-electron chi connectivity index (χ2n) is 15.1. The molecule has 11 N–H and O–H groups in total. The van der Waals surface area contributed by atoms with Gasteiger partial charge in [-0.15, -0.1) is 0 Å². The molecule has 1 aromatic rings. The summed E-state index contributed by atoms with van der Waals surface area (Å²) >= 11 is 1.43. The maximum atomic E-state index is 14.1. The molecule has 8 amide bonds. The molecule has 0 heterocycles. The lowest BCUT2D eigenvalue weighted by Gasteiger charge is -2.32. The number of aliphatic carboxylic acids is 1. The molecule has 0 aliphatic carbocycles. The third kappa shape index (κ3) is 20.2. The topological polar surface area (TPSA) is 316 Å². The van der Waals surface area contributed by atoms with Crippen LogP contribution in [-0.2, 0) is 49.6 Å². The maximum absolute atomic E-state index is 14.1. The van der Waals surface area contributed by atoms with Gasteiger partial charge in [0.25, 0.3) is 5.91 Å². The van der Waals surface area contributed by atoms with Gasteiger partial charge in [0.1, 0.15) is 36.3 Å². The number of benzene rings is 1. The molecule has 0 aliphatic rings. The Bertz CT molecular complexity index is 1640. The molecule has 1 rings (SSSR count). The zero-order chi connectivity index (χ0) is 46.8. The first-order valence-electron chi connectivity index (χ1n) is 20.7. The standard InChI is InChI=1S/C41H66N8O12S/c1-6-7-8-9-13-16-35(54)49(32(24-51)39(58)47-29(20-27-14-11-10-12-15-27)38(57)48-30(41(60)61)19-25(2)3)40(59)31(23-50)46-34(53)22-43-36(55)26(4)44-37(56)28(17-18-62-5)45-33(52)21-42/h10-12,14-15,25-26,28-32,50-51H,6-9,13,16-24,42H2,1-5H3,(H,43,55)(H,44,56)(H,45,52)(H,46,53)(H,47,58)(H,48,57)(H,60,61)/t26-,28-,29-,30-,31-,32-/m0/s1. The van der Waals surface area contributed by atoms with Crippen LogP contribution in [0.3, 0.4) is 0 Å². The van der Waals surface area contributed by atoms with E-state index in [2.05, 4.69) is 31.9 Å². The number of carboxylic acid groups (broad SMARTS) is 1. The van der Waals surface area contributed by atoms with Crippen LogP contribution in [0.25, 0.3) is 0 Å². The van der Waals surface area contributed by atoms with Crippen LogP contribution in [-0.4, -0.2) is 148 Å². The number of nitrogens with zero attached hydrogens (tertiary/aromatic N) is 1. The van der Waals surface area contributed by atoms with Crippen molar-refractivity contribution in [3.05, 3.63) is 35.9 Å². The number of aliphatic hydroxyl groups excluding tert-OH is 2. The minimum absolute atomic E-state index is 0.0737. The quantitative estimate of drug-likeness (QED) is 0.0402. The van der Waals surface area contributed by atoms with E-state index in [0.29, 0.717) is 29.1 Å². The van der Waals surface area contributed by atoms with Crippen LogP contribution in [0.5, 0.6) is 0 Å². The monoisotopic (exact) mass is 894 g/mol. The van der Waals surface area contributed by atoms with Crippen molar-refractivity contribution in [3.8, 4) is 0 Å². The number of carbonyl (C=O) groups is 9. The van der Waals surface area contributed by atoms with Crippen LogP contribution in [0.2, 0.25) is 0 Å². The van der Waals surface area contributed by atoms with Gasteiger partial charge in [0.15, 0.2) is 0 Å². The Morgan fingerprint density at radius 2 is 1.34 bits per heavy atom. The molecule has 0 saturated heterocycles. The van der Waals surface area contributed by atoms with Crippen LogP contribution in [0.15, 0.2) is 30.3 Å². The summed E-state index contributed by atoms with van der Waals surface area (Å²) in [5, 5.41) is 44.9. The Labute approximate surface area is 367 Å². The molecule has 1 aromatic carbocycles. The van der Waals surface area contributed by atoms with E-state index in [1.807, 2.05) is 13.2 Å². The Morgan fingerprint density at radius 3 is 1.90 bits per heavy atom. The van der Waals surface area contributed by atoms with Crippen molar-refractivity contribution in [3.63, 3.8) is 0 Å². The number of hydrogen-bond acceptors (Lipinski definition) is 13. The number of unbranched alkanes of at least 4 members (excludes halogenated alkanes) is 4. The van der Waals surface area contributed by atoms with Crippen molar-refractivity contribution in [2.24, 2.45) is 11.7 Å². The molecule has 0 unspecified atom stereocenters. The van der Waals surface area contributed by atoms with E-state index < -0.39 is 109 Å². The van der Waals surface area contributed by atoms with E-state index in [4.69, 9.17) is 5.73 Å². The number of nitrogens with two attached hydrogens (primary N) is 1. The fourth-order valence-corrected chi connectivity index (χ4v) is 6.55. The first kappa shape index (κ1) is 54.9. The molecule has 0 spiro atoms. The molecule has 0 aliphatic heterocycles. The van der Waals surface area contributed by atoms with Crippen molar-refractivity contribution in [1.29, 1.82) is 0 Å². The van der Waals surface area contributed by atoms with Gasteiger partial charge in [-0.3, -0.25) is 43.3 Å². The summed E-state index contributed by atoms with van der Waals surface area (Å²) < 4.78 is 0. The van der Waals surface area contributed by atoms with Crippen LogP contribution in [0.4, 0.5) is 0 Å². The first-order valence-corrected chi connectivity index (χ1v) is 22.1. The highest BCUT2D eigenvalue weighted by molar-refractivity contribution is 7.98.